The molecule has 7 heteroatoms. The fraction of sp³-hybridized carbons (Fsp3) is 0.391. The fourth-order valence-corrected chi connectivity index (χ4v) is 4.44. The van der Waals surface area contributed by atoms with Crippen molar-refractivity contribution in [3.8, 4) is 17.2 Å². The summed E-state index contributed by atoms with van der Waals surface area (Å²) in [4.78, 5) is 27.4. The Balaban J connectivity index is 1.45. The summed E-state index contributed by atoms with van der Waals surface area (Å²) >= 11 is 0. The van der Waals surface area contributed by atoms with Crippen molar-refractivity contribution in [2.24, 2.45) is 5.92 Å². The first-order valence-electron chi connectivity index (χ1n) is 10.3. The van der Waals surface area contributed by atoms with E-state index in [1.54, 1.807) is 0 Å². The number of hydrogen-bond donors (Lipinski definition) is 1. The molecule has 0 fully saturated rings. The number of carbonyl (C=O) groups excluding carboxylic acids is 2. The Morgan fingerprint density at radius 2 is 1.87 bits per heavy atom. The number of ether oxygens (including phenoxy) is 3. The van der Waals surface area contributed by atoms with Gasteiger partial charge in [-0.3, -0.25) is 9.59 Å². The van der Waals surface area contributed by atoms with Crippen LogP contribution >= 0.6 is 0 Å². The molecule has 156 valence electrons. The lowest BCUT2D eigenvalue weighted by Crippen LogP contribution is -2.43. The van der Waals surface area contributed by atoms with Crippen LogP contribution in [0.4, 0.5) is 5.69 Å². The lowest BCUT2D eigenvalue weighted by Gasteiger charge is -2.23. The van der Waals surface area contributed by atoms with Gasteiger partial charge in [0.2, 0.25) is 18.6 Å². The maximum atomic E-state index is 13.8. The molecule has 0 radical (unpaired) electrons. The first-order valence-corrected chi connectivity index (χ1v) is 10.3. The van der Waals surface area contributed by atoms with Crippen LogP contribution in [0.25, 0.3) is 0 Å². The highest BCUT2D eigenvalue weighted by Crippen LogP contribution is 2.54. The molecule has 0 bridgehead atoms. The van der Waals surface area contributed by atoms with E-state index >= 15 is 0 Å². The van der Waals surface area contributed by atoms with E-state index in [0.29, 0.717) is 36.8 Å². The van der Waals surface area contributed by atoms with E-state index in [2.05, 4.69) is 5.32 Å². The van der Waals surface area contributed by atoms with Crippen LogP contribution in [0.15, 0.2) is 36.4 Å². The number of anilines is 1. The molecule has 0 saturated heterocycles. The second-order valence-corrected chi connectivity index (χ2v) is 8.17. The molecule has 1 atom stereocenters. The van der Waals surface area contributed by atoms with E-state index in [9.17, 15) is 9.59 Å². The molecule has 0 saturated carbocycles. The summed E-state index contributed by atoms with van der Waals surface area (Å²) in [5.41, 5.74) is 1.78. The van der Waals surface area contributed by atoms with Gasteiger partial charge in [-0.2, -0.15) is 0 Å². The Kier molecular flexibility index (Phi) is 4.34. The quantitative estimate of drug-likeness (QED) is 0.770. The summed E-state index contributed by atoms with van der Waals surface area (Å²) in [5.74, 6) is 1.90. The Morgan fingerprint density at radius 1 is 1.10 bits per heavy atom. The van der Waals surface area contributed by atoms with Crippen molar-refractivity contribution in [3.05, 3.63) is 47.5 Å². The van der Waals surface area contributed by atoms with Crippen LogP contribution in [0, 0.1) is 5.92 Å². The van der Waals surface area contributed by atoms with Crippen LogP contribution in [0.5, 0.6) is 17.2 Å². The molecule has 1 N–H and O–H groups in total. The van der Waals surface area contributed by atoms with E-state index in [1.165, 1.54) is 0 Å². The van der Waals surface area contributed by atoms with Crippen LogP contribution < -0.4 is 24.4 Å². The number of rotatable bonds is 5. The number of carbonyl (C=O) groups is 2. The number of nitrogens with zero attached hydrogens (tertiary/aromatic N) is 1. The van der Waals surface area contributed by atoms with Crippen molar-refractivity contribution >= 4 is 17.5 Å². The molecule has 7 nitrogen and oxygen atoms in total. The van der Waals surface area contributed by atoms with Crippen LogP contribution in [0.2, 0.25) is 0 Å². The van der Waals surface area contributed by atoms with Gasteiger partial charge in [0.1, 0.15) is 17.8 Å². The normalized spacial score (nSPS) is 20.5. The van der Waals surface area contributed by atoms with Crippen LogP contribution in [0.3, 0.4) is 0 Å². The second kappa shape index (κ2) is 6.93. The first-order chi connectivity index (χ1) is 14.5. The number of para-hydroxylation sites is 1. The number of hydrogen-bond acceptors (Lipinski definition) is 5. The average Bonchev–Trinajstić information content (AvgIpc) is 3.41. The number of benzene rings is 2. The minimum absolute atomic E-state index is 0.00324. The maximum Gasteiger partial charge on any atom is 0.245 e. The minimum atomic E-state index is -0.881. The monoisotopic (exact) mass is 408 g/mol. The standard InChI is InChI=1S/C23H24N2O5/c1-14(2)21(26)24-8-5-9-25-17-7-4-3-6-15(17)23(22(25)27)12-28-18-11-20-19(10-16(18)23)29-13-30-20/h3-4,6-7,10-11,14H,5,8-9,12-13H2,1-2H3,(H,24,26). The van der Waals surface area contributed by atoms with E-state index in [1.807, 2.05) is 55.1 Å². The summed E-state index contributed by atoms with van der Waals surface area (Å²) in [6.07, 6.45) is 0.670. The summed E-state index contributed by atoms with van der Waals surface area (Å²) in [7, 11) is 0. The number of nitrogens with one attached hydrogen (secondary N) is 1. The molecular formula is C23H24N2O5. The minimum Gasteiger partial charge on any atom is -0.491 e. The smallest absolute Gasteiger partial charge is 0.245 e. The van der Waals surface area contributed by atoms with Gasteiger partial charge in [0.15, 0.2) is 11.5 Å². The number of amides is 2. The molecule has 0 aliphatic carbocycles. The molecule has 1 spiro atoms. The van der Waals surface area contributed by atoms with E-state index < -0.39 is 5.41 Å². The molecule has 3 aliphatic heterocycles. The van der Waals surface area contributed by atoms with Crippen LogP contribution in [-0.2, 0) is 15.0 Å². The zero-order valence-corrected chi connectivity index (χ0v) is 17.1. The van der Waals surface area contributed by atoms with E-state index in [-0.39, 0.29) is 31.1 Å². The SMILES string of the molecule is CC(C)C(=O)NCCCN1C(=O)C2(COc3cc4c(cc32)OCO4)c2ccccc21. The predicted molar refractivity (Wildman–Crippen MR) is 110 cm³/mol. The van der Waals surface area contributed by atoms with Crippen molar-refractivity contribution < 1.29 is 23.8 Å². The summed E-state index contributed by atoms with van der Waals surface area (Å²) in [5, 5.41) is 2.92. The van der Waals surface area contributed by atoms with Gasteiger partial charge in [0.05, 0.1) is 0 Å². The van der Waals surface area contributed by atoms with Crippen molar-refractivity contribution in [1.29, 1.82) is 0 Å². The highest BCUT2D eigenvalue weighted by molar-refractivity contribution is 6.11. The third kappa shape index (κ3) is 2.65. The Labute approximate surface area is 174 Å². The van der Waals surface area contributed by atoms with Gasteiger partial charge in [-0.25, -0.2) is 0 Å². The maximum absolute atomic E-state index is 13.8. The Morgan fingerprint density at radius 3 is 2.67 bits per heavy atom. The highest BCUT2D eigenvalue weighted by Gasteiger charge is 2.57. The number of fused-ring (bicyclic) bond motifs is 5. The molecule has 3 heterocycles. The topological polar surface area (TPSA) is 77.1 Å². The highest BCUT2D eigenvalue weighted by atomic mass is 16.7. The lowest BCUT2D eigenvalue weighted by molar-refractivity contribution is -0.124. The van der Waals surface area contributed by atoms with Gasteiger partial charge in [0, 0.05) is 36.3 Å². The first kappa shape index (κ1) is 18.8. The summed E-state index contributed by atoms with van der Waals surface area (Å²) < 4.78 is 17.0. The molecule has 2 amide bonds. The molecule has 2 aromatic carbocycles. The van der Waals surface area contributed by atoms with Crippen molar-refractivity contribution in [1.82, 2.24) is 5.32 Å². The Bertz CT molecular complexity index is 1030. The van der Waals surface area contributed by atoms with Crippen molar-refractivity contribution in [2.45, 2.75) is 25.7 Å². The Hall–Kier alpha value is -3.22. The van der Waals surface area contributed by atoms with Gasteiger partial charge in [0.25, 0.3) is 0 Å². The molecule has 2 aromatic rings. The molecule has 5 rings (SSSR count). The lowest BCUT2D eigenvalue weighted by atomic mass is 9.77. The zero-order chi connectivity index (χ0) is 20.9. The summed E-state index contributed by atoms with van der Waals surface area (Å²) in [6, 6.07) is 11.6. The van der Waals surface area contributed by atoms with Crippen molar-refractivity contribution in [3.63, 3.8) is 0 Å². The van der Waals surface area contributed by atoms with Gasteiger partial charge < -0.3 is 24.4 Å². The van der Waals surface area contributed by atoms with E-state index in [0.717, 1.165) is 16.8 Å². The third-order valence-corrected chi connectivity index (χ3v) is 6.03. The molecule has 30 heavy (non-hydrogen) atoms. The summed E-state index contributed by atoms with van der Waals surface area (Å²) in [6.45, 7) is 5.20. The average molecular weight is 408 g/mol. The van der Waals surface area contributed by atoms with Gasteiger partial charge >= 0.3 is 0 Å². The zero-order valence-electron chi connectivity index (χ0n) is 17.1. The molecule has 1 unspecified atom stereocenters. The molecular weight excluding hydrogens is 384 g/mol. The van der Waals surface area contributed by atoms with Gasteiger partial charge in [-0.05, 0) is 24.1 Å². The second-order valence-electron chi connectivity index (χ2n) is 8.17. The third-order valence-electron chi connectivity index (χ3n) is 6.03. The van der Waals surface area contributed by atoms with Crippen LogP contribution in [0.1, 0.15) is 31.4 Å². The van der Waals surface area contributed by atoms with E-state index in [4.69, 9.17) is 14.2 Å². The predicted octanol–water partition coefficient (Wildman–Crippen LogP) is 2.60. The van der Waals surface area contributed by atoms with Gasteiger partial charge in [-0.15, -0.1) is 0 Å². The molecule has 3 aliphatic rings. The van der Waals surface area contributed by atoms with Crippen molar-refractivity contribution in [2.75, 3.05) is 31.4 Å². The van der Waals surface area contributed by atoms with Crippen LogP contribution in [-0.4, -0.2) is 38.3 Å². The fourth-order valence-electron chi connectivity index (χ4n) is 4.44. The largest absolute Gasteiger partial charge is 0.491 e. The van der Waals surface area contributed by atoms with Gasteiger partial charge in [-0.1, -0.05) is 32.0 Å². The molecule has 0 aromatic heterocycles.